The van der Waals surface area contributed by atoms with Crippen LogP contribution in [0, 0.1) is 13.8 Å². The highest BCUT2D eigenvalue weighted by Crippen LogP contribution is 2.31. The summed E-state index contributed by atoms with van der Waals surface area (Å²) in [5, 5.41) is 2.82. The van der Waals surface area contributed by atoms with Crippen molar-refractivity contribution >= 4 is 33.2 Å². The first-order chi connectivity index (χ1) is 15.9. The molecule has 10 heteroatoms. The van der Waals surface area contributed by atoms with Crippen molar-refractivity contribution in [1.82, 2.24) is 5.32 Å². The van der Waals surface area contributed by atoms with E-state index in [2.05, 4.69) is 5.32 Å². The average molecular weight is 511 g/mol. The molecular weight excluding hydrogens is 489 g/mol. The average Bonchev–Trinajstić information content (AvgIpc) is 2.78. The van der Waals surface area contributed by atoms with Crippen LogP contribution in [-0.4, -0.2) is 20.9 Å². The van der Waals surface area contributed by atoms with Crippen molar-refractivity contribution in [3.8, 4) is 0 Å². The maximum Gasteiger partial charge on any atom is 0.416 e. The van der Waals surface area contributed by atoms with E-state index in [1.165, 1.54) is 30.3 Å². The number of nitrogens with one attached hydrogen (secondary N) is 1. The van der Waals surface area contributed by atoms with E-state index in [0.29, 0.717) is 10.6 Å². The van der Waals surface area contributed by atoms with Gasteiger partial charge >= 0.3 is 6.18 Å². The van der Waals surface area contributed by atoms with Gasteiger partial charge < -0.3 is 5.32 Å². The maximum atomic E-state index is 13.5. The molecule has 3 aromatic rings. The molecule has 0 atom stereocenters. The largest absolute Gasteiger partial charge is 0.416 e. The lowest BCUT2D eigenvalue weighted by Gasteiger charge is -2.26. The van der Waals surface area contributed by atoms with E-state index in [4.69, 9.17) is 11.6 Å². The summed E-state index contributed by atoms with van der Waals surface area (Å²) in [5.41, 5.74) is 0.948. The van der Waals surface area contributed by atoms with Gasteiger partial charge in [0.05, 0.1) is 16.1 Å². The second-order valence-electron chi connectivity index (χ2n) is 7.68. The van der Waals surface area contributed by atoms with Crippen LogP contribution in [0.2, 0.25) is 5.02 Å². The molecule has 0 aliphatic heterocycles. The van der Waals surface area contributed by atoms with E-state index < -0.39 is 34.2 Å². The fourth-order valence-corrected chi connectivity index (χ4v) is 4.90. The van der Waals surface area contributed by atoms with Crippen molar-refractivity contribution in [3.63, 3.8) is 0 Å². The molecule has 3 rings (SSSR count). The quantitative estimate of drug-likeness (QED) is 0.457. The number of alkyl halides is 3. The Morgan fingerprint density at radius 1 is 1.00 bits per heavy atom. The van der Waals surface area contributed by atoms with Crippen LogP contribution >= 0.6 is 11.6 Å². The second kappa shape index (κ2) is 10.1. The van der Waals surface area contributed by atoms with Crippen LogP contribution in [0.1, 0.15) is 22.3 Å². The highest BCUT2D eigenvalue weighted by Gasteiger charge is 2.31. The van der Waals surface area contributed by atoms with E-state index in [0.717, 1.165) is 22.0 Å². The summed E-state index contributed by atoms with van der Waals surface area (Å²) in [6.07, 6.45) is -4.51. The molecule has 0 aromatic heterocycles. The van der Waals surface area contributed by atoms with Gasteiger partial charge in [0.1, 0.15) is 6.54 Å². The minimum absolute atomic E-state index is 0.0110. The third-order valence-electron chi connectivity index (χ3n) is 5.15. The van der Waals surface area contributed by atoms with Crippen LogP contribution in [0.5, 0.6) is 0 Å². The van der Waals surface area contributed by atoms with Crippen molar-refractivity contribution in [3.05, 3.63) is 94.0 Å². The number of rotatable bonds is 7. The molecule has 5 nitrogen and oxygen atoms in total. The SMILES string of the molecule is Cc1ccc(S(=O)(=O)N(CC(=O)NCc2cccc(C(F)(F)F)c2)c2cccc(Cl)c2C)cc1. The van der Waals surface area contributed by atoms with Gasteiger partial charge in [-0.1, -0.05) is 47.5 Å². The Bertz CT molecular complexity index is 1290. The van der Waals surface area contributed by atoms with Gasteiger partial charge in [-0.25, -0.2) is 8.42 Å². The number of amides is 1. The maximum absolute atomic E-state index is 13.5. The number of carbonyl (C=O) groups excluding carboxylic acids is 1. The monoisotopic (exact) mass is 510 g/mol. The Morgan fingerprint density at radius 2 is 1.65 bits per heavy atom. The Morgan fingerprint density at radius 3 is 2.29 bits per heavy atom. The minimum Gasteiger partial charge on any atom is -0.350 e. The van der Waals surface area contributed by atoms with Crippen LogP contribution in [0.25, 0.3) is 0 Å². The zero-order valence-electron chi connectivity index (χ0n) is 18.4. The number of halogens is 4. The zero-order valence-corrected chi connectivity index (χ0v) is 19.9. The topological polar surface area (TPSA) is 66.5 Å². The van der Waals surface area contributed by atoms with Crippen LogP contribution < -0.4 is 9.62 Å². The van der Waals surface area contributed by atoms with Crippen LogP contribution in [0.3, 0.4) is 0 Å². The number of carbonyl (C=O) groups is 1. The first kappa shape index (κ1) is 25.6. The first-order valence-corrected chi connectivity index (χ1v) is 12.0. The first-order valence-electron chi connectivity index (χ1n) is 10.2. The number of hydrogen-bond acceptors (Lipinski definition) is 3. The van der Waals surface area contributed by atoms with Crippen molar-refractivity contribution in [2.75, 3.05) is 10.8 Å². The molecule has 0 radical (unpaired) electrons. The molecular formula is C24H22ClF3N2O3S. The predicted octanol–water partition coefficient (Wildman–Crippen LogP) is 5.49. The van der Waals surface area contributed by atoms with E-state index in [1.54, 1.807) is 31.2 Å². The van der Waals surface area contributed by atoms with Gasteiger partial charge in [-0.3, -0.25) is 9.10 Å². The smallest absolute Gasteiger partial charge is 0.350 e. The molecule has 0 fully saturated rings. The minimum atomic E-state index is -4.51. The molecule has 0 bridgehead atoms. The molecule has 1 N–H and O–H groups in total. The van der Waals surface area contributed by atoms with Gasteiger partial charge in [-0.05, 0) is 61.4 Å². The van der Waals surface area contributed by atoms with Crippen LogP contribution in [-0.2, 0) is 27.5 Å². The van der Waals surface area contributed by atoms with E-state index in [-0.39, 0.29) is 22.7 Å². The molecule has 0 aliphatic rings. The van der Waals surface area contributed by atoms with Gasteiger partial charge in [0.15, 0.2) is 0 Å². The molecule has 34 heavy (non-hydrogen) atoms. The number of anilines is 1. The zero-order chi connectivity index (χ0) is 25.1. The molecule has 0 unspecified atom stereocenters. The number of sulfonamides is 1. The van der Waals surface area contributed by atoms with Gasteiger partial charge in [0.25, 0.3) is 10.0 Å². The number of aryl methyl sites for hydroxylation is 1. The predicted molar refractivity (Wildman–Crippen MR) is 125 cm³/mol. The summed E-state index contributed by atoms with van der Waals surface area (Å²) in [5.74, 6) is -0.688. The van der Waals surface area contributed by atoms with Crippen molar-refractivity contribution in [1.29, 1.82) is 0 Å². The van der Waals surface area contributed by atoms with Crippen molar-refractivity contribution in [2.45, 2.75) is 31.5 Å². The lowest BCUT2D eigenvalue weighted by Crippen LogP contribution is -2.41. The molecule has 0 saturated carbocycles. The molecule has 1 amide bonds. The normalized spacial score (nSPS) is 11.8. The Labute approximate surface area is 201 Å². The third-order valence-corrected chi connectivity index (χ3v) is 7.33. The molecule has 0 spiro atoms. The van der Waals surface area contributed by atoms with Gasteiger partial charge in [0, 0.05) is 11.6 Å². The second-order valence-corrected chi connectivity index (χ2v) is 9.95. The number of benzene rings is 3. The van der Waals surface area contributed by atoms with E-state index >= 15 is 0 Å². The highest BCUT2D eigenvalue weighted by atomic mass is 35.5. The summed E-state index contributed by atoms with van der Waals surface area (Å²) in [7, 11) is -4.15. The van der Waals surface area contributed by atoms with E-state index in [1.807, 2.05) is 6.92 Å². The molecule has 180 valence electrons. The summed E-state index contributed by atoms with van der Waals surface area (Å²) < 4.78 is 66.7. The van der Waals surface area contributed by atoms with Gasteiger partial charge in [-0.15, -0.1) is 0 Å². The Hall–Kier alpha value is -3.04. The van der Waals surface area contributed by atoms with Gasteiger partial charge in [-0.2, -0.15) is 13.2 Å². The number of nitrogens with zero attached hydrogens (tertiary/aromatic N) is 1. The lowest BCUT2D eigenvalue weighted by molar-refractivity contribution is -0.137. The van der Waals surface area contributed by atoms with Gasteiger partial charge in [0.2, 0.25) is 5.91 Å². The fourth-order valence-electron chi connectivity index (χ4n) is 3.25. The summed E-state index contributed by atoms with van der Waals surface area (Å²) in [4.78, 5) is 12.7. The molecule has 0 heterocycles. The molecule has 0 aliphatic carbocycles. The lowest BCUT2D eigenvalue weighted by atomic mass is 10.1. The summed E-state index contributed by atoms with van der Waals surface area (Å²) in [6.45, 7) is 2.67. The summed E-state index contributed by atoms with van der Waals surface area (Å²) in [6, 6.07) is 15.4. The summed E-state index contributed by atoms with van der Waals surface area (Å²) >= 11 is 6.19. The number of hydrogen-bond donors (Lipinski definition) is 1. The Balaban J connectivity index is 1.88. The third kappa shape index (κ3) is 5.90. The van der Waals surface area contributed by atoms with Crippen molar-refractivity contribution < 1.29 is 26.4 Å². The molecule has 0 saturated heterocycles. The van der Waals surface area contributed by atoms with Crippen LogP contribution in [0.15, 0.2) is 71.6 Å². The highest BCUT2D eigenvalue weighted by molar-refractivity contribution is 7.92. The van der Waals surface area contributed by atoms with E-state index in [9.17, 15) is 26.4 Å². The van der Waals surface area contributed by atoms with Crippen molar-refractivity contribution in [2.24, 2.45) is 0 Å². The van der Waals surface area contributed by atoms with Crippen LogP contribution in [0.4, 0.5) is 18.9 Å². The fraction of sp³-hybridized carbons (Fsp3) is 0.208. The standard InChI is InChI=1S/C24H22ClF3N2O3S/c1-16-9-11-20(12-10-16)34(32,33)30(22-8-4-7-21(25)17(22)2)15-23(31)29-14-18-5-3-6-19(13-18)24(26,27)28/h3-13H,14-15H2,1-2H3,(H,29,31). The Kier molecular flexibility index (Phi) is 7.57. The molecule has 3 aromatic carbocycles.